The number of aryl methyl sites for hydroxylation is 2. The van der Waals surface area contributed by atoms with Crippen LogP contribution >= 0.6 is 11.3 Å². The molecule has 0 fully saturated rings. The number of hydrogen-bond donors (Lipinski definition) is 1. The van der Waals surface area contributed by atoms with Gasteiger partial charge < -0.3 is 5.32 Å². The topological polar surface area (TPSA) is 75.2 Å². The Hall–Kier alpha value is -3.13. The van der Waals surface area contributed by atoms with Crippen molar-refractivity contribution in [1.29, 1.82) is 0 Å². The highest BCUT2D eigenvalue weighted by Crippen LogP contribution is 2.32. The maximum Gasteiger partial charge on any atom is 0.271 e. The molecule has 0 bridgehead atoms. The van der Waals surface area contributed by atoms with Crippen molar-refractivity contribution in [3.05, 3.63) is 75.8 Å². The van der Waals surface area contributed by atoms with Crippen molar-refractivity contribution in [2.75, 3.05) is 4.90 Å². The molecule has 1 atom stereocenters. The highest BCUT2D eigenvalue weighted by molar-refractivity contribution is 7.13. The monoisotopic (exact) mass is 454 g/mol. The first-order valence-corrected chi connectivity index (χ1v) is 11.2. The Kier molecular flexibility index (Phi) is 7.03. The largest absolute Gasteiger partial charge is 0.349 e. The molecule has 8 heteroatoms. The zero-order valence-corrected chi connectivity index (χ0v) is 19.7. The van der Waals surface area contributed by atoms with Gasteiger partial charge in [0, 0.05) is 23.6 Å². The van der Waals surface area contributed by atoms with E-state index in [1.54, 1.807) is 31.5 Å². The summed E-state index contributed by atoms with van der Waals surface area (Å²) in [4.78, 5) is 37.7. The number of amides is 2. The lowest BCUT2D eigenvalue weighted by molar-refractivity contribution is -0.124. The van der Waals surface area contributed by atoms with Crippen molar-refractivity contribution in [2.45, 2.75) is 52.6 Å². The number of nitrogens with one attached hydrogen (secondary N) is 1. The SMILES string of the molecule is CCC(C)(C)NC(=O)[C@@H](c1ccncc1)N(C(=O)c1sc(C)nc1C)c1ccc(F)cc1. The van der Waals surface area contributed by atoms with Gasteiger partial charge in [-0.2, -0.15) is 0 Å². The summed E-state index contributed by atoms with van der Waals surface area (Å²) in [7, 11) is 0. The van der Waals surface area contributed by atoms with Gasteiger partial charge >= 0.3 is 0 Å². The lowest BCUT2D eigenvalue weighted by Crippen LogP contribution is -2.50. The fourth-order valence-electron chi connectivity index (χ4n) is 3.28. The minimum atomic E-state index is -0.983. The average Bonchev–Trinajstić information content (AvgIpc) is 3.10. The van der Waals surface area contributed by atoms with Crippen LogP contribution in [0.5, 0.6) is 0 Å². The van der Waals surface area contributed by atoms with E-state index in [1.807, 2.05) is 27.7 Å². The van der Waals surface area contributed by atoms with E-state index in [0.29, 0.717) is 28.2 Å². The van der Waals surface area contributed by atoms with Gasteiger partial charge in [-0.05, 0) is 76.1 Å². The Bertz CT molecular complexity index is 1100. The van der Waals surface area contributed by atoms with E-state index in [9.17, 15) is 14.0 Å². The third-order valence-corrected chi connectivity index (χ3v) is 6.36. The highest BCUT2D eigenvalue weighted by Gasteiger charge is 2.36. The molecule has 1 N–H and O–H groups in total. The number of aromatic nitrogens is 2. The Morgan fingerprint density at radius 1 is 1.12 bits per heavy atom. The molecule has 2 amide bonds. The molecule has 6 nitrogen and oxygen atoms in total. The predicted molar refractivity (Wildman–Crippen MR) is 124 cm³/mol. The summed E-state index contributed by atoms with van der Waals surface area (Å²) in [5.74, 6) is -1.13. The zero-order chi connectivity index (χ0) is 23.5. The number of hydrogen-bond acceptors (Lipinski definition) is 5. The molecular weight excluding hydrogens is 427 g/mol. The van der Waals surface area contributed by atoms with Gasteiger partial charge in [0.1, 0.15) is 16.7 Å². The predicted octanol–water partition coefficient (Wildman–Crippen LogP) is 4.99. The summed E-state index contributed by atoms with van der Waals surface area (Å²) in [5, 5.41) is 3.80. The molecule has 0 spiro atoms. The summed E-state index contributed by atoms with van der Waals surface area (Å²) in [5.41, 5.74) is 1.12. The molecule has 0 saturated carbocycles. The van der Waals surface area contributed by atoms with Gasteiger partial charge in [-0.3, -0.25) is 19.5 Å². The van der Waals surface area contributed by atoms with E-state index >= 15 is 0 Å². The third kappa shape index (κ3) is 5.19. The van der Waals surface area contributed by atoms with Gasteiger partial charge in [0.15, 0.2) is 0 Å². The van der Waals surface area contributed by atoms with Crippen molar-refractivity contribution >= 4 is 28.8 Å². The minimum Gasteiger partial charge on any atom is -0.349 e. The summed E-state index contributed by atoms with van der Waals surface area (Å²) in [6.45, 7) is 9.42. The summed E-state index contributed by atoms with van der Waals surface area (Å²) >= 11 is 1.27. The van der Waals surface area contributed by atoms with Crippen LogP contribution < -0.4 is 10.2 Å². The second-order valence-electron chi connectivity index (χ2n) is 8.21. The van der Waals surface area contributed by atoms with Gasteiger partial charge in [-0.25, -0.2) is 9.37 Å². The molecule has 1 aromatic carbocycles. The molecular formula is C24H27FN4O2S. The van der Waals surface area contributed by atoms with Gasteiger partial charge in [0.05, 0.1) is 10.7 Å². The quantitative estimate of drug-likeness (QED) is 0.546. The van der Waals surface area contributed by atoms with Crippen LogP contribution in [0.1, 0.15) is 59.2 Å². The van der Waals surface area contributed by atoms with Crippen molar-refractivity contribution in [2.24, 2.45) is 0 Å². The lowest BCUT2D eigenvalue weighted by atomic mass is 9.98. The smallest absolute Gasteiger partial charge is 0.271 e. The van der Waals surface area contributed by atoms with Crippen molar-refractivity contribution in [3.63, 3.8) is 0 Å². The first-order chi connectivity index (χ1) is 15.1. The van der Waals surface area contributed by atoms with Gasteiger partial charge in [-0.1, -0.05) is 6.92 Å². The second kappa shape index (κ2) is 9.56. The van der Waals surface area contributed by atoms with Crippen LogP contribution in [-0.2, 0) is 4.79 Å². The molecule has 3 rings (SSSR count). The van der Waals surface area contributed by atoms with Crippen molar-refractivity contribution in [3.8, 4) is 0 Å². The molecule has 3 aromatic rings. The number of halogens is 1. The summed E-state index contributed by atoms with van der Waals surface area (Å²) < 4.78 is 13.7. The molecule has 0 saturated heterocycles. The molecule has 2 aromatic heterocycles. The average molecular weight is 455 g/mol. The fourth-order valence-corrected chi connectivity index (χ4v) is 4.14. The first-order valence-electron chi connectivity index (χ1n) is 10.4. The molecule has 0 aliphatic heterocycles. The number of benzene rings is 1. The maximum absolute atomic E-state index is 13.8. The van der Waals surface area contributed by atoms with E-state index in [2.05, 4.69) is 15.3 Å². The molecule has 0 aliphatic carbocycles. The summed E-state index contributed by atoms with van der Waals surface area (Å²) in [6, 6.07) is 7.99. The molecule has 0 radical (unpaired) electrons. The number of rotatable bonds is 7. The number of thiazole rings is 1. The van der Waals surface area contributed by atoms with Crippen LogP contribution in [0.25, 0.3) is 0 Å². The second-order valence-corrected chi connectivity index (χ2v) is 9.41. The fraction of sp³-hybridized carbons (Fsp3) is 0.333. The number of anilines is 1. The van der Waals surface area contributed by atoms with E-state index in [1.165, 1.54) is 40.5 Å². The minimum absolute atomic E-state index is 0.334. The van der Waals surface area contributed by atoms with Crippen molar-refractivity contribution < 1.29 is 14.0 Å². The van der Waals surface area contributed by atoms with Crippen LogP contribution in [0, 0.1) is 19.7 Å². The summed E-state index contributed by atoms with van der Waals surface area (Å²) in [6.07, 6.45) is 3.87. The Morgan fingerprint density at radius 2 is 1.75 bits per heavy atom. The molecule has 2 heterocycles. The van der Waals surface area contributed by atoms with Crippen LogP contribution in [0.4, 0.5) is 10.1 Å². The Labute approximate surface area is 191 Å². The molecule has 0 unspecified atom stereocenters. The van der Waals surface area contributed by atoms with E-state index < -0.39 is 17.4 Å². The van der Waals surface area contributed by atoms with Crippen LogP contribution in [0.3, 0.4) is 0 Å². The van der Waals surface area contributed by atoms with Gasteiger partial charge in [-0.15, -0.1) is 11.3 Å². The molecule has 168 valence electrons. The maximum atomic E-state index is 13.8. The number of pyridine rings is 1. The number of nitrogens with zero attached hydrogens (tertiary/aromatic N) is 3. The highest BCUT2D eigenvalue weighted by atomic mass is 32.1. The number of carbonyl (C=O) groups excluding carboxylic acids is 2. The van der Waals surface area contributed by atoms with Gasteiger partial charge in [0.2, 0.25) is 5.91 Å². The van der Waals surface area contributed by atoms with Crippen LogP contribution in [-0.4, -0.2) is 27.3 Å². The zero-order valence-electron chi connectivity index (χ0n) is 18.8. The molecule has 32 heavy (non-hydrogen) atoms. The lowest BCUT2D eigenvalue weighted by Gasteiger charge is -2.34. The van der Waals surface area contributed by atoms with Crippen LogP contribution in [0.15, 0.2) is 48.8 Å². The van der Waals surface area contributed by atoms with E-state index in [-0.39, 0.29) is 11.8 Å². The standard InChI is InChI=1S/C24H27FN4O2S/c1-6-24(4,5)28-22(30)20(17-11-13-26-14-12-17)29(19-9-7-18(25)8-10-19)23(31)21-15(2)27-16(3)32-21/h7-14,20H,6H2,1-5H3,(H,28,30)/t20-/m1/s1. The number of carbonyl (C=O) groups is 2. The molecule has 0 aliphatic rings. The Balaban J connectivity index is 2.18. The Morgan fingerprint density at radius 3 is 2.28 bits per heavy atom. The van der Waals surface area contributed by atoms with Crippen LogP contribution in [0.2, 0.25) is 0 Å². The normalized spacial score (nSPS) is 12.3. The third-order valence-electron chi connectivity index (χ3n) is 5.30. The van der Waals surface area contributed by atoms with E-state index in [0.717, 1.165) is 5.01 Å². The first kappa shape index (κ1) is 23.5. The van der Waals surface area contributed by atoms with Crippen molar-refractivity contribution in [1.82, 2.24) is 15.3 Å². The van der Waals surface area contributed by atoms with Gasteiger partial charge in [0.25, 0.3) is 5.91 Å². The van der Waals surface area contributed by atoms with E-state index in [4.69, 9.17) is 0 Å².